The highest BCUT2D eigenvalue weighted by Gasteiger charge is 2.12. The predicted octanol–water partition coefficient (Wildman–Crippen LogP) is 4.78. The fourth-order valence-electron chi connectivity index (χ4n) is 3.37. The number of methoxy groups -OCH3 is 1. The highest BCUT2D eigenvalue weighted by molar-refractivity contribution is 6.04. The average molecular weight is 426 g/mol. The normalized spacial score (nSPS) is 10.5. The molecule has 0 saturated heterocycles. The molecule has 0 radical (unpaired) electrons. The van der Waals surface area contributed by atoms with Gasteiger partial charge >= 0.3 is 0 Å². The summed E-state index contributed by atoms with van der Waals surface area (Å²) in [5.74, 6) is 0.559. The van der Waals surface area contributed by atoms with Gasteiger partial charge in [0.05, 0.1) is 7.11 Å². The van der Waals surface area contributed by atoms with Gasteiger partial charge in [-0.1, -0.05) is 30.3 Å². The summed E-state index contributed by atoms with van der Waals surface area (Å²) in [5, 5.41) is 5.04. The van der Waals surface area contributed by atoms with Crippen LogP contribution in [0.1, 0.15) is 26.3 Å². The van der Waals surface area contributed by atoms with Gasteiger partial charge in [0.15, 0.2) is 0 Å². The van der Waals surface area contributed by atoms with Gasteiger partial charge in [-0.15, -0.1) is 0 Å². The Balaban J connectivity index is 1.49. The molecule has 4 aromatic rings. The lowest BCUT2D eigenvalue weighted by atomic mass is 10.1. The number of nitrogens with two attached hydrogens (primary N) is 1. The van der Waals surface area contributed by atoms with Gasteiger partial charge in [-0.05, 0) is 65.4 Å². The first-order valence-corrected chi connectivity index (χ1v) is 10.0. The molecule has 4 aromatic carbocycles. The van der Waals surface area contributed by atoms with Crippen LogP contribution in [0.5, 0.6) is 11.5 Å². The van der Waals surface area contributed by atoms with Crippen molar-refractivity contribution in [2.75, 3.05) is 12.4 Å². The molecule has 0 aliphatic carbocycles. The van der Waals surface area contributed by atoms with Crippen LogP contribution in [0.25, 0.3) is 10.8 Å². The number of primary amides is 1. The first-order chi connectivity index (χ1) is 15.5. The third-order valence-electron chi connectivity index (χ3n) is 5.09. The highest BCUT2D eigenvalue weighted by atomic mass is 16.5. The third-order valence-corrected chi connectivity index (χ3v) is 5.09. The number of rotatable bonds is 7. The van der Waals surface area contributed by atoms with Gasteiger partial charge < -0.3 is 20.5 Å². The van der Waals surface area contributed by atoms with E-state index in [1.165, 1.54) is 0 Å². The molecule has 0 saturated carbocycles. The molecule has 0 bridgehead atoms. The van der Waals surface area contributed by atoms with Gasteiger partial charge in [-0.2, -0.15) is 0 Å². The molecule has 6 nitrogen and oxygen atoms in total. The maximum absolute atomic E-state index is 12.7. The van der Waals surface area contributed by atoms with Crippen LogP contribution in [0.2, 0.25) is 0 Å². The first kappa shape index (κ1) is 20.9. The van der Waals surface area contributed by atoms with Crippen molar-refractivity contribution in [1.29, 1.82) is 0 Å². The molecule has 0 atom stereocenters. The van der Waals surface area contributed by atoms with E-state index in [1.807, 2.05) is 42.5 Å². The Labute approximate surface area is 185 Å². The number of anilines is 1. The minimum absolute atomic E-state index is 0.246. The van der Waals surface area contributed by atoms with Gasteiger partial charge in [0.2, 0.25) is 5.91 Å². The van der Waals surface area contributed by atoms with E-state index in [0.717, 1.165) is 22.1 Å². The number of benzene rings is 4. The van der Waals surface area contributed by atoms with E-state index in [4.69, 9.17) is 15.2 Å². The Morgan fingerprint density at radius 3 is 2.28 bits per heavy atom. The predicted molar refractivity (Wildman–Crippen MR) is 124 cm³/mol. The molecule has 0 unspecified atom stereocenters. The molecule has 160 valence electrons. The molecular weight excluding hydrogens is 404 g/mol. The smallest absolute Gasteiger partial charge is 0.255 e. The topological polar surface area (TPSA) is 90.6 Å². The lowest BCUT2D eigenvalue weighted by Crippen LogP contribution is -2.14. The summed E-state index contributed by atoms with van der Waals surface area (Å²) in [7, 11) is 1.58. The number of hydrogen-bond acceptors (Lipinski definition) is 4. The van der Waals surface area contributed by atoms with E-state index in [0.29, 0.717) is 22.6 Å². The van der Waals surface area contributed by atoms with Gasteiger partial charge in [0.1, 0.15) is 18.1 Å². The van der Waals surface area contributed by atoms with E-state index < -0.39 is 5.91 Å². The summed E-state index contributed by atoms with van der Waals surface area (Å²) in [6.45, 7) is 0.246. The molecule has 2 amide bonds. The van der Waals surface area contributed by atoms with Gasteiger partial charge in [-0.25, -0.2) is 0 Å². The van der Waals surface area contributed by atoms with Crippen LogP contribution in [-0.2, 0) is 6.61 Å². The fraction of sp³-hybridized carbons (Fsp3) is 0.0769. The zero-order chi connectivity index (χ0) is 22.5. The molecule has 6 heteroatoms. The zero-order valence-electron chi connectivity index (χ0n) is 17.5. The van der Waals surface area contributed by atoms with Crippen molar-refractivity contribution in [2.24, 2.45) is 5.73 Å². The lowest BCUT2D eigenvalue weighted by Gasteiger charge is -2.13. The lowest BCUT2D eigenvalue weighted by molar-refractivity contribution is 0.0998. The van der Waals surface area contributed by atoms with Crippen LogP contribution in [-0.4, -0.2) is 18.9 Å². The van der Waals surface area contributed by atoms with Crippen molar-refractivity contribution in [3.05, 3.63) is 102 Å². The molecule has 0 aromatic heterocycles. The van der Waals surface area contributed by atoms with Crippen molar-refractivity contribution in [3.63, 3.8) is 0 Å². The molecule has 0 fully saturated rings. The highest BCUT2D eigenvalue weighted by Crippen LogP contribution is 2.25. The van der Waals surface area contributed by atoms with Crippen molar-refractivity contribution in [3.8, 4) is 11.5 Å². The van der Waals surface area contributed by atoms with E-state index >= 15 is 0 Å². The summed E-state index contributed by atoms with van der Waals surface area (Å²) in [6, 6.07) is 25.5. The number of carbonyl (C=O) groups excluding carboxylic acids is 2. The monoisotopic (exact) mass is 426 g/mol. The summed E-state index contributed by atoms with van der Waals surface area (Å²) >= 11 is 0. The maximum atomic E-state index is 12.7. The Bertz CT molecular complexity index is 1280. The van der Waals surface area contributed by atoms with Crippen molar-refractivity contribution < 1.29 is 19.1 Å². The van der Waals surface area contributed by atoms with Crippen LogP contribution in [0.15, 0.2) is 84.9 Å². The van der Waals surface area contributed by atoms with Gasteiger partial charge in [0.25, 0.3) is 5.91 Å². The maximum Gasteiger partial charge on any atom is 0.255 e. The molecule has 32 heavy (non-hydrogen) atoms. The molecule has 3 N–H and O–H groups in total. The second-order valence-corrected chi connectivity index (χ2v) is 7.22. The SMILES string of the molecule is COc1ccc(C(=O)Nc2ccc(C(N)=O)cc2)cc1COc1ccc2ccccc2c1. The number of fused-ring (bicyclic) bond motifs is 1. The molecule has 0 aliphatic rings. The van der Waals surface area contributed by atoms with Crippen LogP contribution < -0.4 is 20.5 Å². The minimum Gasteiger partial charge on any atom is -0.496 e. The Kier molecular flexibility index (Phi) is 6.03. The van der Waals surface area contributed by atoms with Crippen molar-refractivity contribution >= 4 is 28.3 Å². The third kappa shape index (κ3) is 4.70. The molecule has 0 aliphatic heterocycles. The number of nitrogens with one attached hydrogen (secondary N) is 1. The van der Waals surface area contributed by atoms with Crippen LogP contribution in [0.4, 0.5) is 5.69 Å². The number of hydrogen-bond donors (Lipinski definition) is 2. The number of ether oxygens (including phenoxy) is 2. The van der Waals surface area contributed by atoms with E-state index in [9.17, 15) is 9.59 Å². The first-order valence-electron chi connectivity index (χ1n) is 10.0. The Morgan fingerprint density at radius 2 is 1.56 bits per heavy atom. The summed E-state index contributed by atoms with van der Waals surface area (Å²) in [6.07, 6.45) is 0. The second-order valence-electron chi connectivity index (χ2n) is 7.22. The van der Waals surface area contributed by atoms with Gasteiger partial charge in [0, 0.05) is 22.4 Å². The fourth-order valence-corrected chi connectivity index (χ4v) is 3.37. The summed E-state index contributed by atoms with van der Waals surface area (Å²) in [4.78, 5) is 23.9. The molecule has 0 heterocycles. The number of amides is 2. The number of carbonyl (C=O) groups is 2. The summed E-state index contributed by atoms with van der Waals surface area (Å²) in [5.41, 5.74) is 7.39. The minimum atomic E-state index is -0.519. The van der Waals surface area contributed by atoms with Crippen molar-refractivity contribution in [1.82, 2.24) is 0 Å². The average Bonchev–Trinajstić information content (AvgIpc) is 2.82. The van der Waals surface area contributed by atoms with E-state index in [1.54, 1.807) is 49.6 Å². The Morgan fingerprint density at radius 1 is 0.844 bits per heavy atom. The van der Waals surface area contributed by atoms with Crippen LogP contribution >= 0.6 is 0 Å². The van der Waals surface area contributed by atoms with Crippen molar-refractivity contribution in [2.45, 2.75) is 6.61 Å². The van der Waals surface area contributed by atoms with E-state index in [-0.39, 0.29) is 12.5 Å². The molecule has 0 spiro atoms. The molecular formula is C26H22N2O4. The van der Waals surface area contributed by atoms with Gasteiger partial charge in [-0.3, -0.25) is 9.59 Å². The quantitative estimate of drug-likeness (QED) is 0.445. The summed E-state index contributed by atoms with van der Waals surface area (Å²) < 4.78 is 11.4. The largest absolute Gasteiger partial charge is 0.496 e. The molecule has 4 rings (SSSR count). The standard InChI is InChI=1S/C26H22N2O4/c1-31-24-13-9-20(26(30)28-22-10-6-18(7-11-22)25(27)29)14-21(24)16-32-23-12-8-17-4-2-3-5-19(17)15-23/h2-15H,16H2,1H3,(H2,27,29)(H,28,30). The van der Waals surface area contributed by atoms with Crippen LogP contribution in [0.3, 0.4) is 0 Å². The Hall–Kier alpha value is -4.32. The van der Waals surface area contributed by atoms with Crippen LogP contribution in [0, 0.1) is 0 Å². The second kappa shape index (κ2) is 9.22. The zero-order valence-corrected chi connectivity index (χ0v) is 17.5. The van der Waals surface area contributed by atoms with E-state index in [2.05, 4.69) is 5.32 Å².